The monoisotopic (exact) mass is 387 g/mol. The van der Waals surface area contributed by atoms with E-state index in [1.54, 1.807) is 29.1 Å². The Labute approximate surface area is 165 Å². The lowest BCUT2D eigenvalue weighted by Gasteiger charge is -2.14. The van der Waals surface area contributed by atoms with E-state index in [4.69, 9.17) is 10.7 Å². The molecule has 0 atom stereocenters. The number of hydrogen-bond donors (Lipinski definition) is 1. The summed E-state index contributed by atoms with van der Waals surface area (Å²) in [4.78, 5) is 31.9. The van der Waals surface area contributed by atoms with E-state index in [1.165, 1.54) is 11.6 Å². The van der Waals surface area contributed by atoms with Crippen LogP contribution >= 0.6 is 0 Å². The average molecular weight is 387 g/mol. The Morgan fingerprint density at radius 1 is 1.17 bits per heavy atom. The van der Waals surface area contributed by atoms with Crippen molar-refractivity contribution in [3.05, 3.63) is 87.0 Å². The number of rotatable bonds is 4. The summed E-state index contributed by atoms with van der Waals surface area (Å²) in [7, 11) is 0. The van der Waals surface area contributed by atoms with Gasteiger partial charge in [-0.1, -0.05) is 18.2 Å². The van der Waals surface area contributed by atoms with Gasteiger partial charge in [-0.25, -0.2) is 4.98 Å². The minimum absolute atomic E-state index is 0.00569. The Balaban J connectivity index is 1.78. The first-order chi connectivity index (χ1) is 14.0. The number of carbonyl (C=O) groups is 1. The number of nitro groups is 1. The number of aliphatic imine (C=N–C) groups is 1. The average Bonchev–Trinajstić information content (AvgIpc) is 3.50. The third kappa shape index (κ3) is 2.80. The van der Waals surface area contributed by atoms with E-state index in [9.17, 15) is 14.9 Å². The number of primary amides is 1. The number of para-hydroxylation sites is 1. The van der Waals surface area contributed by atoms with Gasteiger partial charge in [-0.3, -0.25) is 24.5 Å². The number of carbonyl (C=O) groups excluding carboxylic acids is 1. The zero-order valence-corrected chi connectivity index (χ0v) is 15.4. The van der Waals surface area contributed by atoms with Gasteiger partial charge in [0.1, 0.15) is 6.33 Å². The Morgan fingerprint density at radius 3 is 2.69 bits per heavy atom. The lowest BCUT2D eigenvalue weighted by atomic mass is 9.96. The quantitative estimate of drug-likeness (QED) is 0.547. The van der Waals surface area contributed by atoms with Gasteiger partial charge in [0.05, 0.1) is 34.1 Å². The second-order valence-electron chi connectivity index (χ2n) is 7.26. The van der Waals surface area contributed by atoms with Crippen molar-refractivity contribution in [1.82, 2.24) is 9.55 Å². The molecule has 1 aliphatic carbocycles. The number of nitrogens with two attached hydrogens (primary N) is 1. The Morgan fingerprint density at radius 2 is 1.97 bits per heavy atom. The zero-order valence-electron chi connectivity index (χ0n) is 15.4. The van der Waals surface area contributed by atoms with E-state index in [1.807, 2.05) is 6.07 Å². The van der Waals surface area contributed by atoms with E-state index >= 15 is 0 Å². The first kappa shape index (κ1) is 17.3. The molecule has 2 aromatic carbocycles. The molecule has 5 rings (SSSR count). The van der Waals surface area contributed by atoms with Crippen LogP contribution in [0.2, 0.25) is 0 Å². The minimum atomic E-state index is -0.626. The fourth-order valence-electron chi connectivity index (χ4n) is 3.86. The highest BCUT2D eigenvalue weighted by molar-refractivity contribution is 6.17. The Hall–Kier alpha value is -3.81. The maximum Gasteiger partial charge on any atom is 0.278 e. The summed E-state index contributed by atoms with van der Waals surface area (Å²) in [6, 6.07) is 12.7. The smallest absolute Gasteiger partial charge is 0.278 e. The van der Waals surface area contributed by atoms with Gasteiger partial charge in [0.25, 0.3) is 11.6 Å². The molecule has 144 valence electrons. The summed E-state index contributed by atoms with van der Waals surface area (Å²) in [6.07, 6.45) is 3.83. The topological polar surface area (TPSA) is 116 Å². The molecule has 1 fully saturated rings. The summed E-state index contributed by atoms with van der Waals surface area (Å²) in [5.74, 6) is -0.113. The number of amides is 1. The molecule has 2 heterocycles. The normalized spacial score (nSPS) is 15.1. The lowest BCUT2D eigenvalue weighted by Crippen LogP contribution is -2.14. The van der Waals surface area contributed by atoms with Gasteiger partial charge in [0.2, 0.25) is 0 Å². The van der Waals surface area contributed by atoms with Gasteiger partial charge >= 0.3 is 0 Å². The molecule has 1 aliphatic heterocycles. The van der Waals surface area contributed by atoms with E-state index < -0.39 is 10.8 Å². The Bertz CT molecular complexity index is 1210. The standard InChI is InChI=1S/C21H17N5O3/c22-21(27)20-18-10-23-19(14-3-1-2-4-17(14)26(28)29)15-9-13(12-5-6-12)7-8-16(15)25(18)11-24-20/h1-4,7-9,11-12H,5-6,10H2,(H2,22,27). The zero-order chi connectivity index (χ0) is 20.1. The van der Waals surface area contributed by atoms with Crippen LogP contribution in [0.5, 0.6) is 0 Å². The second-order valence-corrected chi connectivity index (χ2v) is 7.26. The molecule has 3 aromatic rings. The maximum absolute atomic E-state index is 11.8. The predicted octanol–water partition coefficient (Wildman–Crippen LogP) is 3.11. The van der Waals surface area contributed by atoms with Crippen LogP contribution in [0.15, 0.2) is 53.8 Å². The second kappa shape index (κ2) is 6.37. The lowest BCUT2D eigenvalue weighted by molar-refractivity contribution is -0.385. The number of nitro benzene ring substituents is 1. The van der Waals surface area contributed by atoms with Crippen molar-refractivity contribution in [1.29, 1.82) is 0 Å². The van der Waals surface area contributed by atoms with Crippen LogP contribution < -0.4 is 5.73 Å². The Kier molecular flexibility index (Phi) is 3.80. The number of imidazole rings is 1. The maximum atomic E-state index is 11.8. The number of fused-ring (bicyclic) bond motifs is 3. The fraction of sp³-hybridized carbons (Fsp3) is 0.190. The van der Waals surface area contributed by atoms with Crippen LogP contribution in [0.3, 0.4) is 0 Å². The van der Waals surface area contributed by atoms with E-state index in [0.29, 0.717) is 22.9 Å². The SMILES string of the molecule is NC(=O)c1ncn2c1CN=C(c1ccccc1[N+](=O)[O-])c1cc(C3CC3)ccc1-2. The van der Waals surface area contributed by atoms with Crippen LogP contribution in [-0.4, -0.2) is 26.1 Å². The van der Waals surface area contributed by atoms with E-state index in [2.05, 4.69) is 17.1 Å². The number of aromatic nitrogens is 2. The van der Waals surface area contributed by atoms with Crippen molar-refractivity contribution in [2.24, 2.45) is 10.7 Å². The molecule has 8 heteroatoms. The number of benzene rings is 2. The van der Waals surface area contributed by atoms with Gasteiger partial charge in [0, 0.05) is 11.6 Å². The summed E-state index contributed by atoms with van der Waals surface area (Å²) in [5, 5.41) is 11.6. The van der Waals surface area contributed by atoms with Gasteiger partial charge in [-0.15, -0.1) is 0 Å². The molecule has 0 unspecified atom stereocenters. The molecule has 8 nitrogen and oxygen atoms in total. The minimum Gasteiger partial charge on any atom is -0.364 e. The van der Waals surface area contributed by atoms with Crippen molar-refractivity contribution >= 4 is 17.3 Å². The van der Waals surface area contributed by atoms with Gasteiger partial charge in [-0.05, 0) is 42.5 Å². The van der Waals surface area contributed by atoms with Gasteiger partial charge in [-0.2, -0.15) is 0 Å². The molecule has 0 radical (unpaired) electrons. The molecule has 29 heavy (non-hydrogen) atoms. The van der Waals surface area contributed by atoms with E-state index in [-0.39, 0.29) is 17.9 Å². The molecule has 1 amide bonds. The van der Waals surface area contributed by atoms with Gasteiger partial charge in [0.15, 0.2) is 5.69 Å². The fourth-order valence-corrected chi connectivity index (χ4v) is 3.86. The molecule has 0 bridgehead atoms. The molecular formula is C21H17N5O3. The highest BCUT2D eigenvalue weighted by Gasteiger charge is 2.29. The van der Waals surface area contributed by atoms with Crippen molar-refractivity contribution in [2.75, 3.05) is 0 Å². The molecule has 1 aromatic heterocycles. The number of nitrogens with zero attached hydrogens (tertiary/aromatic N) is 4. The van der Waals surface area contributed by atoms with Gasteiger partial charge < -0.3 is 5.73 Å². The van der Waals surface area contributed by atoms with E-state index in [0.717, 1.165) is 24.1 Å². The first-order valence-corrected chi connectivity index (χ1v) is 9.33. The van der Waals surface area contributed by atoms with Crippen LogP contribution in [0.25, 0.3) is 5.69 Å². The molecule has 0 saturated heterocycles. The van der Waals surface area contributed by atoms with Crippen molar-refractivity contribution in [3.8, 4) is 5.69 Å². The molecule has 2 aliphatic rings. The van der Waals surface area contributed by atoms with Crippen LogP contribution in [-0.2, 0) is 6.54 Å². The number of hydrogen-bond acceptors (Lipinski definition) is 5. The van der Waals surface area contributed by atoms with Crippen molar-refractivity contribution in [2.45, 2.75) is 25.3 Å². The third-order valence-corrected chi connectivity index (χ3v) is 5.43. The summed E-state index contributed by atoms with van der Waals surface area (Å²) in [6.45, 7) is 0.146. The highest BCUT2D eigenvalue weighted by atomic mass is 16.6. The largest absolute Gasteiger partial charge is 0.364 e. The van der Waals surface area contributed by atoms with Crippen molar-refractivity contribution < 1.29 is 9.72 Å². The molecule has 1 saturated carbocycles. The summed E-state index contributed by atoms with van der Waals surface area (Å²) in [5.41, 5.74) is 9.95. The molecule has 0 spiro atoms. The first-order valence-electron chi connectivity index (χ1n) is 9.33. The van der Waals surface area contributed by atoms with Crippen LogP contribution in [0.4, 0.5) is 5.69 Å². The summed E-state index contributed by atoms with van der Waals surface area (Å²) < 4.78 is 1.80. The summed E-state index contributed by atoms with van der Waals surface area (Å²) >= 11 is 0. The predicted molar refractivity (Wildman–Crippen MR) is 106 cm³/mol. The van der Waals surface area contributed by atoms with Crippen molar-refractivity contribution in [3.63, 3.8) is 0 Å². The highest BCUT2D eigenvalue weighted by Crippen LogP contribution is 2.42. The molecular weight excluding hydrogens is 370 g/mol. The molecule has 2 N–H and O–H groups in total. The third-order valence-electron chi connectivity index (χ3n) is 5.43. The van der Waals surface area contributed by atoms with Crippen LogP contribution in [0, 0.1) is 10.1 Å². The van der Waals surface area contributed by atoms with Crippen LogP contribution in [0.1, 0.15) is 51.6 Å².